The third-order valence-electron chi connectivity index (χ3n) is 7.40. The summed E-state index contributed by atoms with van der Waals surface area (Å²) < 4.78 is 23.1. The molecule has 3 aromatic rings. The number of hydrogen-bond donors (Lipinski definition) is 2. The molecule has 0 aromatic heterocycles. The Balaban J connectivity index is 1.72. The fourth-order valence-electron chi connectivity index (χ4n) is 5.69. The Morgan fingerprint density at radius 1 is 0.730 bits per heavy atom. The van der Waals surface area contributed by atoms with E-state index in [2.05, 4.69) is 0 Å². The molecule has 6 rings (SSSR count). The van der Waals surface area contributed by atoms with E-state index in [1.54, 1.807) is 62.6 Å². The van der Waals surface area contributed by atoms with E-state index < -0.39 is 23.0 Å². The van der Waals surface area contributed by atoms with Crippen LogP contribution in [0.4, 0.5) is 11.4 Å². The van der Waals surface area contributed by atoms with Gasteiger partial charge in [0, 0.05) is 25.2 Å². The number of methoxy groups -OCH3 is 2. The first kappa shape index (κ1) is 23.1. The van der Waals surface area contributed by atoms with Gasteiger partial charge in [0.15, 0.2) is 23.0 Å². The lowest BCUT2D eigenvalue weighted by atomic mass is 9.80. The number of likely N-dealkylation sites (N-methyl/N-ethyl adjacent to an activating group) is 2. The molecule has 0 unspecified atom stereocenters. The smallest absolute Gasteiger partial charge is 0.268 e. The van der Waals surface area contributed by atoms with Gasteiger partial charge in [0.2, 0.25) is 18.0 Å². The molecule has 0 fully saturated rings. The molecule has 3 heterocycles. The van der Waals surface area contributed by atoms with Crippen LogP contribution in [-0.2, 0) is 20.8 Å². The third kappa shape index (κ3) is 2.60. The molecule has 10 heteroatoms. The number of anilines is 2. The number of nitrogens with zero attached hydrogens (tertiary/aromatic N) is 2. The summed E-state index contributed by atoms with van der Waals surface area (Å²) >= 11 is 0. The van der Waals surface area contributed by atoms with E-state index in [9.17, 15) is 19.8 Å². The molecule has 3 aliphatic heterocycles. The van der Waals surface area contributed by atoms with E-state index in [0.717, 1.165) is 0 Å². The van der Waals surface area contributed by atoms with Gasteiger partial charge in [0.25, 0.3) is 11.8 Å². The van der Waals surface area contributed by atoms with E-state index in [1.807, 2.05) is 0 Å². The van der Waals surface area contributed by atoms with Crippen molar-refractivity contribution in [2.75, 3.05) is 44.9 Å². The van der Waals surface area contributed by atoms with Gasteiger partial charge in [-0.3, -0.25) is 9.59 Å². The van der Waals surface area contributed by atoms with Gasteiger partial charge in [-0.2, -0.15) is 0 Å². The highest BCUT2D eigenvalue weighted by atomic mass is 16.7. The Labute approximate surface area is 212 Å². The van der Waals surface area contributed by atoms with Crippen LogP contribution in [0.25, 0.3) is 0 Å². The molecule has 190 valence electrons. The number of aliphatic hydroxyl groups is 2. The van der Waals surface area contributed by atoms with Crippen molar-refractivity contribution in [3.63, 3.8) is 0 Å². The zero-order chi connectivity index (χ0) is 26.3. The van der Waals surface area contributed by atoms with E-state index in [0.29, 0.717) is 22.5 Å². The molecular weight excluding hydrogens is 480 g/mol. The van der Waals surface area contributed by atoms with Crippen LogP contribution in [0.3, 0.4) is 0 Å². The van der Waals surface area contributed by atoms with E-state index in [4.69, 9.17) is 18.9 Å². The molecule has 0 saturated heterocycles. The average molecular weight is 504 g/mol. The highest BCUT2D eigenvalue weighted by Crippen LogP contribution is 2.62. The van der Waals surface area contributed by atoms with Crippen LogP contribution < -0.4 is 28.7 Å². The maximum Gasteiger partial charge on any atom is 0.268 e. The number of amides is 2. The van der Waals surface area contributed by atoms with Gasteiger partial charge >= 0.3 is 0 Å². The SMILES string of the molecule is COc1c(OC)c([C@]2(O)C(=O)N(C)c3ccccc32)c2c(c1[C@@]1(O)C(=O)N(C)c3ccccc31)OCO2. The quantitative estimate of drug-likeness (QED) is 0.553. The van der Waals surface area contributed by atoms with Gasteiger partial charge in [-0.05, 0) is 12.1 Å². The summed E-state index contributed by atoms with van der Waals surface area (Å²) in [6, 6.07) is 13.6. The lowest BCUT2D eigenvalue weighted by molar-refractivity contribution is -0.132. The Kier molecular flexibility index (Phi) is 4.76. The summed E-state index contributed by atoms with van der Waals surface area (Å²) in [5.41, 5.74) is -2.89. The summed E-state index contributed by atoms with van der Waals surface area (Å²) in [7, 11) is 5.79. The molecule has 2 atom stereocenters. The fourth-order valence-corrected chi connectivity index (χ4v) is 5.69. The van der Waals surface area contributed by atoms with Crippen LogP contribution in [0.2, 0.25) is 0 Å². The molecule has 10 nitrogen and oxygen atoms in total. The maximum atomic E-state index is 13.6. The van der Waals surface area contributed by atoms with Crippen LogP contribution in [-0.4, -0.2) is 57.1 Å². The minimum atomic E-state index is -2.22. The van der Waals surface area contributed by atoms with Crippen LogP contribution in [0.1, 0.15) is 22.3 Å². The molecule has 0 spiro atoms. The largest absolute Gasteiger partial charge is 0.492 e. The summed E-state index contributed by atoms with van der Waals surface area (Å²) in [6.45, 7) is -0.283. The molecule has 0 saturated carbocycles. The second kappa shape index (κ2) is 7.61. The Hall–Kier alpha value is -4.28. The average Bonchev–Trinajstić information content (AvgIpc) is 3.54. The van der Waals surface area contributed by atoms with Gasteiger partial charge in [-0.15, -0.1) is 0 Å². The first-order valence-corrected chi connectivity index (χ1v) is 11.5. The second-order valence-corrected chi connectivity index (χ2v) is 9.06. The number of ether oxygens (including phenoxy) is 4. The zero-order valence-corrected chi connectivity index (χ0v) is 20.6. The summed E-state index contributed by atoms with van der Waals surface area (Å²) in [4.78, 5) is 29.9. The van der Waals surface area contributed by atoms with Gasteiger partial charge in [-0.1, -0.05) is 36.4 Å². The Morgan fingerprint density at radius 2 is 1.11 bits per heavy atom. The summed E-state index contributed by atoms with van der Waals surface area (Å²) in [5.74, 6) is -1.48. The number of carbonyl (C=O) groups is 2. The van der Waals surface area contributed by atoms with Crippen molar-refractivity contribution in [1.29, 1.82) is 0 Å². The molecule has 3 aromatic carbocycles. The van der Waals surface area contributed by atoms with Crippen LogP contribution >= 0.6 is 0 Å². The van der Waals surface area contributed by atoms with Crippen molar-refractivity contribution in [3.8, 4) is 23.0 Å². The van der Waals surface area contributed by atoms with Crippen molar-refractivity contribution in [2.24, 2.45) is 0 Å². The number of fused-ring (bicyclic) bond motifs is 3. The van der Waals surface area contributed by atoms with Crippen molar-refractivity contribution >= 4 is 23.2 Å². The number of benzene rings is 3. The first-order valence-electron chi connectivity index (χ1n) is 11.5. The van der Waals surface area contributed by atoms with Crippen molar-refractivity contribution in [2.45, 2.75) is 11.2 Å². The van der Waals surface area contributed by atoms with Gasteiger partial charge in [-0.25, -0.2) is 0 Å². The maximum absolute atomic E-state index is 13.6. The fraction of sp³-hybridized carbons (Fsp3) is 0.259. The standard InChI is InChI=1S/C27H24N2O8/c1-28-16-11-7-5-9-14(16)26(32,24(28)30)18-20(34-3)21(35-4)19(23-22(18)36-13-37-23)27(33)15-10-6-8-12-17(15)29(2)25(27)31/h5-12,32-33H,13H2,1-4H3/t26-,27+. The first-order chi connectivity index (χ1) is 17.7. The number of para-hydroxylation sites is 2. The van der Waals surface area contributed by atoms with Crippen LogP contribution in [0.15, 0.2) is 48.5 Å². The lowest BCUT2D eigenvalue weighted by Gasteiger charge is -2.31. The lowest BCUT2D eigenvalue weighted by Crippen LogP contribution is -2.41. The topological polar surface area (TPSA) is 118 Å². The Morgan fingerprint density at radius 3 is 1.49 bits per heavy atom. The minimum Gasteiger partial charge on any atom is -0.492 e. The summed E-state index contributed by atoms with van der Waals surface area (Å²) in [6.07, 6.45) is 0. The molecule has 0 radical (unpaired) electrons. The van der Waals surface area contributed by atoms with Gasteiger partial charge < -0.3 is 39.0 Å². The van der Waals surface area contributed by atoms with Gasteiger partial charge in [0.1, 0.15) is 0 Å². The number of rotatable bonds is 4. The Bertz CT molecular complexity index is 1390. The third-order valence-corrected chi connectivity index (χ3v) is 7.40. The molecule has 37 heavy (non-hydrogen) atoms. The molecule has 3 aliphatic rings. The highest BCUT2D eigenvalue weighted by Gasteiger charge is 2.59. The molecule has 2 amide bonds. The van der Waals surface area contributed by atoms with Crippen molar-refractivity contribution < 1.29 is 38.7 Å². The van der Waals surface area contributed by atoms with Crippen LogP contribution in [0, 0.1) is 0 Å². The molecule has 0 bridgehead atoms. The number of hydrogen-bond acceptors (Lipinski definition) is 8. The van der Waals surface area contributed by atoms with E-state index >= 15 is 0 Å². The molecular formula is C27H24N2O8. The monoisotopic (exact) mass is 504 g/mol. The summed E-state index contributed by atoms with van der Waals surface area (Å²) in [5, 5.41) is 24.2. The van der Waals surface area contributed by atoms with Crippen molar-refractivity contribution in [1.82, 2.24) is 0 Å². The van der Waals surface area contributed by atoms with E-state index in [-0.39, 0.29) is 40.9 Å². The van der Waals surface area contributed by atoms with Crippen LogP contribution in [0.5, 0.6) is 23.0 Å². The molecule has 0 aliphatic carbocycles. The van der Waals surface area contributed by atoms with E-state index in [1.165, 1.54) is 24.0 Å². The minimum absolute atomic E-state index is 0.0261. The number of carbonyl (C=O) groups excluding carboxylic acids is 2. The highest BCUT2D eigenvalue weighted by molar-refractivity contribution is 6.12. The normalized spacial score (nSPS) is 23.4. The van der Waals surface area contributed by atoms with Gasteiger partial charge in [0.05, 0.1) is 36.7 Å². The zero-order valence-electron chi connectivity index (χ0n) is 20.6. The second-order valence-electron chi connectivity index (χ2n) is 9.06. The predicted octanol–water partition coefficient (Wildman–Crippen LogP) is 1.86. The predicted molar refractivity (Wildman–Crippen MR) is 131 cm³/mol. The van der Waals surface area contributed by atoms with Crippen molar-refractivity contribution in [3.05, 3.63) is 70.8 Å². The molecule has 2 N–H and O–H groups in total.